The van der Waals surface area contributed by atoms with Crippen molar-refractivity contribution in [1.82, 2.24) is 10.6 Å². The first-order chi connectivity index (χ1) is 6.74. The molecule has 1 fully saturated rings. The number of ether oxygens (including phenoxy) is 1. The van der Waals surface area contributed by atoms with E-state index >= 15 is 0 Å². The predicted octanol–water partition coefficient (Wildman–Crippen LogP) is 0.559. The Morgan fingerprint density at radius 1 is 1.67 bits per heavy atom. The number of methoxy groups -OCH3 is 1. The molecule has 1 saturated heterocycles. The second-order valence-corrected chi connectivity index (χ2v) is 3.88. The lowest BCUT2D eigenvalue weighted by Gasteiger charge is -2.16. The van der Waals surface area contributed by atoms with Crippen LogP contribution in [0.15, 0.2) is 0 Å². The number of nitrogens with one attached hydrogen (secondary N) is 2. The summed E-state index contributed by atoms with van der Waals surface area (Å²) >= 11 is 0. The van der Waals surface area contributed by atoms with Crippen LogP contribution in [-0.4, -0.2) is 38.8 Å². The number of rotatable bonds is 5. The summed E-state index contributed by atoms with van der Waals surface area (Å²) in [4.78, 5) is 11.6. The lowest BCUT2D eigenvalue weighted by atomic mass is 10.1. The summed E-state index contributed by atoms with van der Waals surface area (Å²) in [6, 6.07) is 0.211. The van der Waals surface area contributed by atoms with E-state index in [-0.39, 0.29) is 30.3 Å². The van der Waals surface area contributed by atoms with Crippen molar-refractivity contribution in [2.24, 2.45) is 5.92 Å². The highest BCUT2D eigenvalue weighted by molar-refractivity contribution is 5.85. The zero-order chi connectivity index (χ0) is 10.4. The molecule has 0 aromatic heterocycles. The van der Waals surface area contributed by atoms with Crippen molar-refractivity contribution < 1.29 is 9.53 Å². The molecule has 2 unspecified atom stereocenters. The summed E-state index contributed by atoms with van der Waals surface area (Å²) in [6.07, 6.45) is 1.84. The summed E-state index contributed by atoms with van der Waals surface area (Å²) in [5, 5.41) is 6.18. The SMILES string of the molecule is COCCC(C)NC(=O)C1CCNC1.Cl. The highest BCUT2D eigenvalue weighted by atomic mass is 35.5. The van der Waals surface area contributed by atoms with Gasteiger partial charge in [0.05, 0.1) is 5.92 Å². The van der Waals surface area contributed by atoms with Crippen molar-refractivity contribution in [3.63, 3.8) is 0 Å². The molecule has 0 saturated carbocycles. The first-order valence-electron chi connectivity index (χ1n) is 5.24. The Balaban J connectivity index is 0.00000196. The number of carbonyl (C=O) groups excluding carboxylic acids is 1. The lowest BCUT2D eigenvalue weighted by molar-refractivity contribution is -0.125. The predicted molar refractivity (Wildman–Crippen MR) is 62.3 cm³/mol. The van der Waals surface area contributed by atoms with Gasteiger partial charge in [-0.25, -0.2) is 0 Å². The monoisotopic (exact) mass is 236 g/mol. The molecule has 2 atom stereocenters. The molecule has 0 spiro atoms. The number of carbonyl (C=O) groups is 1. The third kappa shape index (κ3) is 5.35. The van der Waals surface area contributed by atoms with Crippen LogP contribution in [0.5, 0.6) is 0 Å². The second kappa shape index (κ2) is 7.91. The largest absolute Gasteiger partial charge is 0.385 e. The standard InChI is InChI=1S/C10H20N2O2.ClH/c1-8(4-6-14-2)12-10(13)9-3-5-11-7-9;/h8-9,11H,3-7H2,1-2H3,(H,12,13);1H. The minimum Gasteiger partial charge on any atom is -0.385 e. The van der Waals surface area contributed by atoms with Crippen molar-refractivity contribution in [3.05, 3.63) is 0 Å². The van der Waals surface area contributed by atoms with E-state index in [0.29, 0.717) is 6.61 Å². The van der Waals surface area contributed by atoms with Gasteiger partial charge in [-0.2, -0.15) is 0 Å². The van der Waals surface area contributed by atoms with Gasteiger partial charge in [0.15, 0.2) is 0 Å². The third-order valence-electron chi connectivity index (χ3n) is 2.57. The summed E-state index contributed by atoms with van der Waals surface area (Å²) in [5.41, 5.74) is 0. The first-order valence-corrected chi connectivity index (χ1v) is 5.24. The van der Waals surface area contributed by atoms with E-state index < -0.39 is 0 Å². The molecule has 1 aliphatic heterocycles. The van der Waals surface area contributed by atoms with Gasteiger partial charge >= 0.3 is 0 Å². The molecule has 4 nitrogen and oxygen atoms in total. The number of hydrogen-bond donors (Lipinski definition) is 2. The summed E-state index contributed by atoms with van der Waals surface area (Å²) < 4.78 is 4.96. The van der Waals surface area contributed by atoms with Crippen LogP contribution in [0.1, 0.15) is 19.8 Å². The normalized spacial score (nSPS) is 21.9. The Bertz CT molecular complexity index is 184. The van der Waals surface area contributed by atoms with Crippen molar-refractivity contribution in [2.75, 3.05) is 26.8 Å². The minimum absolute atomic E-state index is 0. The fourth-order valence-corrected chi connectivity index (χ4v) is 1.61. The average Bonchev–Trinajstić information content (AvgIpc) is 2.67. The van der Waals surface area contributed by atoms with Gasteiger partial charge in [0.2, 0.25) is 5.91 Å². The Kier molecular flexibility index (Phi) is 7.74. The van der Waals surface area contributed by atoms with Crippen LogP contribution >= 0.6 is 12.4 Å². The maximum Gasteiger partial charge on any atom is 0.224 e. The van der Waals surface area contributed by atoms with Crippen LogP contribution in [0.4, 0.5) is 0 Å². The van der Waals surface area contributed by atoms with Crippen LogP contribution in [0.3, 0.4) is 0 Å². The molecule has 1 amide bonds. The molecular weight excluding hydrogens is 216 g/mol. The summed E-state index contributed by atoms with van der Waals surface area (Å²) in [5.74, 6) is 0.346. The maximum absolute atomic E-state index is 11.6. The smallest absolute Gasteiger partial charge is 0.224 e. The van der Waals surface area contributed by atoms with Crippen molar-refractivity contribution in [2.45, 2.75) is 25.8 Å². The van der Waals surface area contributed by atoms with Crippen LogP contribution in [0, 0.1) is 5.92 Å². The van der Waals surface area contributed by atoms with Gasteiger partial charge in [0, 0.05) is 26.3 Å². The fraction of sp³-hybridized carbons (Fsp3) is 0.900. The van der Waals surface area contributed by atoms with E-state index in [2.05, 4.69) is 10.6 Å². The van der Waals surface area contributed by atoms with Crippen LogP contribution in [0.25, 0.3) is 0 Å². The van der Waals surface area contributed by atoms with Crippen molar-refractivity contribution in [1.29, 1.82) is 0 Å². The molecule has 0 aromatic rings. The zero-order valence-electron chi connectivity index (χ0n) is 9.41. The van der Waals surface area contributed by atoms with E-state index in [1.165, 1.54) is 0 Å². The zero-order valence-corrected chi connectivity index (χ0v) is 10.2. The molecule has 15 heavy (non-hydrogen) atoms. The number of halogens is 1. The molecule has 0 radical (unpaired) electrons. The first kappa shape index (κ1) is 14.7. The minimum atomic E-state index is 0. The van der Waals surface area contributed by atoms with E-state index in [4.69, 9.17) is 4.74 Å². The van der Waals surface area contributed by atoms with E-state index in [0.717, 1.165) is 25.9 Å². The molecule has 1 rings (SSSR count). The van der Waals surface area contributed by atoms with Gasteiger partial charge in [-0.1, -0.05) is 0 Å². The highest BCUT2D eigenvalue weighted by Gasteiger charge is 2.22. The fourth-order valence-electron chi connectivity index (χ4n) is 1.61. The van der Waals surface area contributed by atoms with Crippen LogP contribution in [-0.2, 0) is 9.53 Å². The highest BCUT2D eigenvalue weighted by Crippen LogP contribution is 2.07. The molecule has 0 aliphatic carbocycles. The molecule has 1 heterocycles. The summed E-state index contributed by atoms with van der Waals surface area (Å²) in [6.45, 7) is 4.50. The van der Waals surface area contributed by atoms with E-state index in [1.54, 1.807) is 7.11 Å². The van der Waals surface area contributed by atoms with Gasteiger partial charge in [-0.05, 0) is 26.3 Å². The quantitative estimate of drug-likeness (QED) is 0.734. The van der Waals surface area contributed by atoms with Gasteiger partial charge < -0.3 is 15.4 Å². The molecule has 1 aliphatic rings. The van der Waals surface area contributed by atoms with Gasteiger partial charge in [0.25, 0.3) is 0 Å². The van der Waals surface area contributed by atoms with E-state index in [9.17, 15) is 4.79 Å². The van der Waals surface area contributed by atoms with E-state index in [1.807, 2.05) is 6.92 Å². The van der Waals surface area contributed by atoms with Crippen molar-refractivity contribution >= 4 is 18.3 Å². The van der Waals surface area contributed by atoms with Crippen molar-refractivity contribution in [3.8, 4) is 0 Å². The van der Waals surface area contributed by atoms with Crippen LogP contribution < -0.4 is 10.6 Å². The van der Waals surface area contributed by atoms with Gasteiger partial charge in [-0.3, -0.25) is 4.79 Å². The van der Waals surface area contributed by atoms with Gasteiger partial charge in [-0.15, -0.1) is 12.4 Å². The average molecular weight is 237 g/mol. The third-order valence-corrected chi connectivity index (χ3v) is 2.57. The molecule has 0 aromatic carbocycles. The summed E-state index contributed by atoms with van der Waals surface area (Å²) in [7, 11) is 1.68. The Hall–Kier alpha value is -0.320. The van der Waals surface area contributed by atoms with Gasteiger partial charge in [0.1, 0.15) is 0 Å². The molecule has 2 N–H and O–H groups in total. The molecule has 0 bridgehead atoms. The Labute approximate surface area is 97.5 Å². The molecule has 5 heteroatoms. The molecule has 90 valence electrons. The Morgan fingerprint density at radius 2 is 2.40 bits per heavy atom. The Morgan fingerprint density at radius 3 is 2.93 bits per heavy atom. The lowest BCUT2D eigenvalue weighted by Crippen LogP contribution is -2.38. The van der Waals surface area contributed by atoms with Crippen LogP contribution in [0.2, 0.25) is 0 Å². The number of amides is 1. The maximum atomic E-state index is 11.6. The topological polar surface area (TPSA) is 50.4 Å². The molecular formula is C10H21ClN2O2. The second-order valence-electron chi connectivity index (χ2n) is 3.88. The number of hydrogen-bond acceptors (Lipinski definition) is 3.